The zero-order chi connectivity index (χ0) is 13.3. The van der Waals surface area contributed by atoms with Crippen LogP contribution >= 0.6 is 11.6 Å². The first-order chi connectivity index (χ1) is 8.50. The molecule has 1 fully saturated rings. The van der Waals surface area contributed by atoms with E-state index in [-0.39, 0.29) is 11.9 Å². The van der Waals surface area contributed by atoms with Gasteiger partial charge in [-0.1, -0.05) is 24.6 Å². The van der Waals surface area contributed by atoms with E-state index in [1.165, 1.54) is 0 Å². The zero-order valence-corrected chi connectivity index (χ0v) is 11.1. The summed E-state index contributed by atoms with van der Waals surface area (Å²) < 4.78 is 0. The minimum Gasteiger partial charge on any atom is -0.391 e. The van der Waals surface area contributed by atoms with Crippen molar-refractivity contribution in [3.63, 3.8) is 0 Å². The lowest BCUT2D eigenvalue weighted by Crippen LogP contribution is -2.43. The average molecular weight is 268 g/mol. The molecule has 0 aliphatic carbocycles. The van der Waals surface area contributed by atoms with Crippen molar-refractivity contribution in [1.29, 1.82) is 5.41 Å². The van der Waals surface area contributed by atoms with Crippen molar-refractivity contribution in [3.8, 4) is 0 Å². The van der Waals surface area contributed by atoms with Gasteiger partial charge in [-0.3, -0.25) is 5.41 Å². The predicted molar refractivity (Wildman–Crippen MR) is 74.5 cm³/mol. The topological polar surface area (TPSA) is 73.3 Å². The normalized spacial score (nSPS) is 24.1. The Kier molecular flexibility index (Phi) is 3.78. The van der Waals surface area contributed by atoms with Gasteiger partial charge in [-0.15, -0.1) is 0 Å². The Bertz CT molecular complexity index is 464. The highest BCUT2D eigenvalue weighted by molar-refractivity contribution is 6.34. The Morgan fingerprint density at radius 3 is 2.89 bits per heavy atom. The molecule has 4 N–H and O–H groups in total. The molecule has 1 aromatic rings. The van der Waals surface area contributed by atoms with Crippen LogP contribution in [-0.4, -0.2) is 30.1 Å². The standard InChI is InChI=1S/C13H18ClN3O/c1-8-5-6-17(7-11(8)18)10-4-2-3-9(14)12(10)13(15)16/h2-4,8,11,18H,5-7H2,1H3,(H3,15,16). The third kappa shape index (κ3) is 2.44. The number of nitrogens with two attached hydrogens (primary N) is 1. The summed E-state index contributed by atoms with van der Waals surface area (Å²) in [6, 6.07) is 5.46. The number of benzene rings is 1. The third-order valence-electron chi connectivity index (χ3n) is 3.52. The number of rotatable bonds is 2. The fourth-order valence-corrected chi connectivity index (χ4v) is 2.58. The van der Waals surface area contributed by atoms with Crippen molar-refractivity contribution in [1.82, 2.24) is 0 Å². The van der Waals surface area contributed by atoms with Crippen molar-refractivity contribution in [2.24, 2.45) is 11.7 Å². The number of piperidine rings is 1. The highest BCUT2D eigenvalue weighted by atomic mass is 35.5. The van der Waals surface area contributed by atoms with Crippen LogP contribution in [0.5, 0.6) is 0 Å². The quantitative estimate of drug-likeness (QED) is 0.565. The van der Waals surface area contributed by atoms with Gasteiger partial charge in [0.2, 0.25) is 0 Å². The average Bonchev–Trinajstić information content (AvgIpc) is 2.32. The number of nitrogen functional groups attached to an aromatic ring is 1. The first-order valence-electron chi connectivity index (χ1n) is 6.06. The summed E-state index contributed by atoms with van der Waals surface area (Å²) in [6.07, 6.45) is 0.572. The molecule has 1 aliphatic heterocycles. The SMILES string of the molecule is CC1CCN(c2cccc(Cl)c2C(=N)N)CC1O. The number of halogens is 1. The lowest BCUT2D eigenvalue weighted by atomic mass is 9.95. The van der Waals surface area contributed by atoms with Crippen molar-refractivity contribution < 1.29 is 5.11 Å². The Morgan fingerprint density at radius 1 is 1.56 bits per heavy atom. The van der Waals surface area contributed by atoms with Crippen molar-refractivity contribution in [2.75, 3.05) is 18.0 Å². The molecule has 4 nitrogen and oxygen atoms in total. The number of hydrogen-bond donors (Lipinski definition) is 3. The summed E-state index contributed by atoms with van der Waals surface area (Å²) in [5, 5.41) is 18.1. The second-order valence-corrected chi connectivity index (χ2v) is 5.23. The maximum absolute atomic E-state index is 9.95. The first kappa shape index (κ1) is 13.2. The van der Waals surface area contributed by atoms with Crippen molar-refractivity contribution >= 4 is 23.1 Å². The molecule has 2 atom stereocenters. The molecule has 0 radical (unpaired) electrons. The number of nitrogens with one attached hydrogen (secondary N) is 1. The molecule has 1 saturated heterocycles. The van der Waals surface area contributed by atoms with E-state index in [9.17, 15) is 5.11 Å². The van der Waals surface area contributed by atoms with Gasteiger partial charge in [0.05, 0.1) is 16.7 Å². The highest BCUT2D eigenvalue weighted by Gasteiger charge is 2.26. The number of nitrogens with zero attached hydrogens (tertiary/aromatic N) is 1. The molecule has 1 heterocycles. The number of amidine groups is 1. The number of hydrogen-bond acceptors (Lipinski definition) is 3. The van der Waals surface area contributed by atoms with Gasteiger partial charge in [-0.2, -0.15) is 0 Å². The molecule has 0 spiro atoms. The maximum atomic E-state index is 9.95. The van der Waals surface area contributed by atoms with E-state index in [0.29, 0.717) is 23.0 Å². The van der Waals surface area contributed by atoms with Crippen molar-refractivity contribution in [2.45, 2.75) is 19.4 Å². The largest absolute Gasteiger partial charge is 0.391 e. The molecule has 1 aliphatic rings. The lowest BCUT2D eigenvalue weighted by Gasteiger charge is -2.36. The molecule has 1 aromatic carbocycles. The van der Waals surface area contributed by atoms with Crippen LogP contribution in [0, 0.1) is 11.3 Å². The number of aliphatic hydroxyl groups is 1. The predicted octanol–water partition coefficient (Wildman–Crippen LogP) is 1.83. The van der Waals surface area contributed by atoms with E-state index < -0.39 is 0 Å². The smallest absolute Gasteiger partial charge is 0.126 e. The Hall–Kier alpha value is -1.26. The summed E-state index contributed by atoms with van der Waals surface area (Å²) in [7, 11) is 0. The van der Waals surface area contributed by atoms with Crippen LogP contribution in [0.15, 0.2) is 18.2 Å². The first-order valence-corrected chi connectivity index (χ1v) is 6.44. The summed E-state index contributed by atoms with van der Waals surface area (Å²) in [6.45, 7) is 3.45. The molecule has 0 saturated carbocycles. The van der Waals surface area contributed by atoms with E-state index in [4.69, 9.17) is 22.7 Å². The van der Waals surface area contributed by atoms with Gasteiger partial charge in [-0.05, 0) is 24.5 Å². The Morgan fingerprint density at radius 2 is 2.28 bits per heavy atom. The van der Waals surface area contributed by atoms with Gasteiger partial charge in [0, 0.05) is 18.8 Å². The van der Waals surface area contributed by atoms with Crippen LogP contribution < -0.4 is 10.6 Å². The summed E-state index contributed by atoms with van der Waals surface area (Å²) in [4.78, 5) is 2.05. The van der Waals surface area contributed by atoms with E-state index in [1.54, 1.807) is 6.07 Å². The molecule has 0 aromatic heterocycles. The van der Waals surface area contributed by atoms with Crippen LogP contribution in [0.2, 0.25) is 5.02 Å². The number of anilines is 1. The molecule has 2 rings (SSSR count). The van der Waals surface area contributed by atoms with Crippen LogP contribution in [0.3, 0.4) is 0 Å². The second kappa shape index (κ2) is 5.16. The summed E-state index contributed by atoms with van der Waals surface area (Å²) in [5.74, 6) is 0.268. The van der Waals surface area contributed by atoms with Crippen LogP contribution in [0.4, 0.5) is 5.69 Å². The van der Waals surface area contributed by atoms with Crippen LogP contribution in [0.25, 0.3) is 0 Å². The Labute approximate surface area is 112 Å². The molecule has 18 heavy (non-hydrogen) atoms. The van der Waals surface area contributed by atoms with Gasteiger partial charge in [0.15, 0.2) is 0 Å². The van der Waals surface area contributed by atoms with Crippen LogP contribution in [0.1, 0.15) is 18.9 Å². The lowest BCUT2D eigenvalue weighted by molar-refractivity contribution is 0.103. The molecular weight excluding hydrogens is 250 g/mol. The van der Waals surface area contributed by atoms with Gasteiger partial charge in [0.25, 0.3) is 0 Å². The summed E-state index contributed by atoms with van der Waals surface area (Å²) in [5.41, 5.74) is 6.98. The van der Waals surface area contributed by atoms with Gasteiger partial charge < -0.3 is 15.7 Å². The van der Waals surface area contributed by atoms with Crippen LogP contribution in [-0.2, 0) is 0 Å². The number of aliphatic hydroxyl groups excluding tert-OH is 1. The molecule has 0 bridgehead atoms. The third-order valence-corrected chi connectivity index (χ3v) is 3.84. The molecule has 2 unspecified atom stereocenters. The van der Waals surface area contributed by atoms with Gasteiger partial charge >= 0.3 is 0 Å². The van der Waals surface area contributed by atoms with E-state index in [0.717, 1.165) is 18.7 Å². The fraction of sp³-hybridized carbons (Fsp3) is 0.462. The van der Waals surface area contributed by atoms with Gasteiger partial charge in [0.1, 0.15) is 5.84 Å². The second-order valence-electron chi connectivity index (χ2n) is 4.83. The minimum atomic E-state index is -0.350. The molecule has 0 amide bonds. The zero-order valence-electron chi connectivity index (χ0n) is 10.4. The maximum Gasteiger partial charge on any atom is 0.126 e. The molecular formula is C13H18ClN3O. The van der Waals surface area contributed by atoms with E-state index in [1.807, 2.05) is 24.0 Å². The van der Waals surface area contributed by atoms with Gasteiger partial charge in [-0.25, -0.2) is 0 Å². The molecule has 5 heteroatoms. The van der Waals surface area contributed by atoms with Crippen molar-refractivity contribution in [3.05, 3.63) is 28.8 Å². The monoisotopic (exact) mass is 267 g/mol. The minimum absolute atomic E-state index is 0.0382. The summed E-state index contributed by atoms with van der Waals surface area (Å²) >= 11 is 6.10. The highest BCUT2D eigenvalue weighted by Crippen LogP contribution is 2.30. The van der Waals surface area contributed by atoms with E-state index in [2.05, 4.69) is 0 Å². The fourth-order valence-electron chi connectivity index (χ4n) is 2.31. The van der Waals surface area contributed by atoms with E-state index >= 15 is 0 Å². The molecule has 98 valence electrons. The number of β-amino-alcohol motifs (C(OH)–C–C–N with tert-alkyl or cyclic N) is 1. The Balaban J connectivity index is 2.34.